The predicted octanol–water partition coefficient (Wildman–Crippen LogP) is 5.96. The molecule has 0 aromatic heterocycles. The van der Waals surface area contributed by atoms with Crippen molar-refractivity contribution in [3.8, 4) is 5.75 Å². The summed E-state index contributed by atoms with van der Waals surface area (Å²) < 4.78 is 5.71. The third kappa shape index (κ3) is 5.23. The van der Waals surface area contributed by atoms with E-state index in [0.29, 0.717) is 5.92 Å². The van der Waals surface area contributed by atoms with Crippen molar-refractivity contribution in [1.82, 2.24) is 0 Å². The minimum Gasteiger partial charge on any atom is -0.494 e. The van der Waals surface area contributed by atoms with Gasteiger partial charge in [-0.25, -0.2) is 0 Å². The van der Waals surface area contributed by atoms with E-state index in [0.717, 1.165) is 56.4 Å². The Balaban J connectivity index is 1.99. The highest BCUT2D eigenvalue weighted by Gasteiger charge is 2.43. The molecule has 3 heteroatoms. The molecule has 1 aliphatic rings. The summed E-state index contributed by atoms with van der Waals surface area (Å²) in [5.74, 6) is 0.876. The molecule has 0 amide bonds. The molecule has 0 spiro atoms. The van der Waals surface area contributed by atoms with Gasteiger partial charge in [0.15, 0.2) is 0 Å². The Bertz CT molecular complexity index is 513. The zero-order chi connectivity index (χ0) is 18.1. The van der Waals surface area contributed by atoms with Crippen molar-refractivity contribution in [2.45, 2.75) is 83.5 Å². The molecule has 0 saturated heterocycles. The Kier molecular flexibility index (Phi) is 7.80. The van der Waals surface area contributed by atoms with Gasteiger partial charge in [-0.2, -0.15) is 0 Å². The maximum atomic E-state index is 12.1. The molecule has 0 aliphatic heterocycles. The van der Waals surface area contributed by atoms with Crippen molar-refractivity contribution in [2.24, 2.45) is 5.92 Å². The Morgan fingerprint density at radius 1 is 1.08 bits per heavy atom. The van der Waals surface area contributed by atoms with Gasteiger partial charge in [-0.05, 0) is 55.7 Å². The van der Waals surface area contributed by atoms with Crippen LogP contribution in [0.5, 0.6) is 5.75 Å². The number of aliphatic carboxylic acids is 1. The molecule has 1 aromatic carbocycles. The van der Waals surface area contributed by atoms with Crippen LogP contribution in [0.3, 0.4) is 0 Å². The van der Waals surface area contributed by atoms with Crippen LogP contribution in [0.1, 0.15) is 83.6 Å². The lowest BCUT2D eigenvalue weighted by Crippen LogP contribution is -2.39. The number of ether oxygens (including phenoxy) is 1. The van der Waals surface area contributed by atoms with Crippen molar-refractivity contribution < 1.29 is 14.6 Å². The topological polar surface area (TPSA) is 46.5 Å². The van der Waals surface area contributed by atoms with Crippen LogP contribution >= 0.6 is 0 Å². The van der Waals surface area contributed by atoms with Gasteiger partial charge < -0.3 is 9.84 Å². The number of benzene rings is 1. The lowest BCUT2D eigenvalue weighted by Gasteiger charge is -2.37. The molecule has 3 nitrogen and oxygen atoms in total. The van der Waals surface area contributed by atoms with Gasteiger partial charge in [0.05, 0.1) is 12.0 Å². The zero-order valence-electron chi connectivity index (χ0n) is 15.9. The number of hydrogen-bond acceptors (Lipinski definition) is 2. The molecule has 1 saturated carbocycles. The maximum Gasteiger partial charge on any atom is 0.314 e. The van der Waals surface area contributed by atoms with Gasteiger partial charge in [-0.15, -0.1) is 0 Å². The van der Waals surface area contributed by atoms with Gasteiger partial charge in [-0.1, -0.05) is 58.1 Å². The summed E-state index contributed by atoms with van der Waals surface area (Å²) in [6, 6.07) is 7.80. The number of rotatable bonds is 10. The number of unbranched alkanes of at least 4 members (excludes halogenated alkanes) is 3. The quantitative estimate of drug-likeness (QED) is 0.532. The van der Waals surface area contributed by atoms with E-state index in [1.165, 1.54) is 25.7 Å². The predicted molar refractivity (Wildman–Crippen MR) is 102 cm³/mol. The molecule has 0 heterocycles. The summed E-state index contributed by atoms with van der Waals surface area (Å²) in [6.07, 6.45) is 10.8. The maximum absolute atomic E-state index is 12.1. The first-order chi connectivity index (χ1) is 12.1. The van der Waals surface area contributed by atoms with Crippen molar-refractivity contribution in [1.29, 1.82) is 0 Å². The number of carboxylic acids is 1. The first-order valence-electron chi connectivity index (χ1n) is 10.1. The van der Waals surface area contributed by atoms with Crippen LogP contribution in [-0.4, -0.2) is 17.7 Å². The van der Waals surface area contributed by atoms with Crippen molar-refractivity contribution in [3.63, 3.8) is 0 Å². The number of carboxylic acid groups (broad SMARTS) is 1. The molecule has 1 fully saturated rings. The fourth-order valence-corrected chi connectivity index (χ4v) is 3.97. The molecule has 0 bridgehead atoms. The number of hydrogen-bond donors (Lipinski definition) is 1. The van der Waals surface area contributed by atoms with Crippen LogP contribution in [0.15, 0.2) is 24.3 Å². The third-order valence-corrected chi connectivity index (χ3v) is 5.76. The first-order valence-corrected chi connectivity index (χ1v) is 10.1. The van der Waals surface area contributed by atoms with E-state index in [1.807, 2.05) is 24.3 Å². The molecule has 0 unspecified atom stereocenters. The average Bonchev–Trinajstić information content (AvgIpc) is 2.63. The second-order valence-corrected chi connectivity index (χ2v) is 7.55. The molecule has 2 rings (SSSR count). The zero-order valence-corrected chi connectivity index (χ0v) is 15.9. The Morgan fingerprint density at radius 3 is 2.28 bits per heavy atom. The van der Waals surface area contributed by atoms with Crippen molar-refractivity contribution in [3.05, 3.63) is 29.8 Å². The molecule has 0 radical (unpaired) electrons. The van der Waals surface area contributed by atoms with Crippen molar-refractivity contribution >= 4 is 5.97 Å². The molecule has 0 atom stereocenters. The van der Waals surface area contributed by atoms with E-state index in [9.17, 15) is 9.90 Å². The molecule has 1 N–H and O–H groups in total. The SMILES string of the molecule is CCCCCC1CCC(C(=O)O)(c2ccc(OCCCC)cc2)CC1. The Labute approximate surface area is 152 Å². The molecular weight excluding hydrogens is 312 g/mol. The van der Waals surface area contributed by atoms with Gasteiger partial charge in [0.1, 0.15) is 5.75 Å². The fourth-order valence-electron chi connectivity index (χ4n) is 3.97. The monoisotopic (exact) mass is 346 g/mol. The highest BCUT2D eigenvalue weighted by Crippen LogP contribution is 2.43. The van der Waals surface area contributed by atoms with Gasteiger partial charge in [0.2, 0.25) is 0 Å². The van der Waals surface area contributed by atoms with Crippen molar-refractivity contribution in [2.75, 3.05) is 6.61 Å². The lowest BCUT2D eigenvalue weighted by atomic mass is 9.66. The highest BCUT2D eigenvalue weighted by molar-refractivity contribution is 5.81. The van der Waals surface area contributed by atoms with E-state index in [4.69, 9.17) is 4.74 Å². The normalized spacial score (nSPS) is 23.4. The molecule has 140 valence electrons. The second-order valence-electron chi connectivity index (χ2n) is 7.55. The van der Waals surface area contributed by atoms with Crippen LogP contribution in [0.4, 0.5) is 0 Å². The van der Waals surface area contributed by atoms with E-state index in [2.05, 4.69) is 13.8 Å². The molecule has 1 aromatic rings. The Morgan fingerprint density at radius 2 is 1.72 bits per heavy atom. The number of carbonyl (C=O) groups is 1. The highest BCUT2D eigenvalue weighted by atomic mass is 16.5. The van der Waals surface area contributed by atoms with E-state index >= 15 is 0 Å². The summed E-state index contributed by atoms with van der Waals surface area (Å²) >= 11 is 0. The summed E-state index contributed by atoms with van der Waals surface area (Å²) in [4.78, 5) is 12.1. The van der Waals surface area contributed by atoms with E-state index in [1.54, 1.807) is 0 Å². The molecule has 25 heavy (non-hydrogen) atoms. The second kappa shape index (κ2) is 9.84. The minimum absolute atomic E-state index is 0.667. The molecule has 1 aliphatic carbocycles. The largest absolute Gasteiger partial charge is 0.494 e. The first kappa shape index (κ1) is 19.8. The van der Waals surface area contributed by atoms with Crippen LogP contribution < -0.4 is 4.74 Å². The average molecular weight is 347 g/mol. The lowest BCUT2D eigenvalue weighted by molar-refractivity contribution is -0.145. The van der Waals surface area contributed by atoms with Gasteiger partial charge in [0, 0.05) is 0 Å². The van der Waals surface area contributed by atoms with Gasteiger partial charge >= 0.3 is 5.97 Å². The molecular formula is C22H34O3. The third-order valence-electron chi connectivity index (χ3n) is 5.76. The van der Waals surface area contributed by atoms with Crippen LogP contribution in [0.25, 0.3) is 0 Å². The van der Waals surface area contributed by atoms with Gasteiger partial charge in [0.25, 0.3) is 0 Å². The minimum atomic E-state index is -0.705. The van der Waals surface area contributed by atoms with Crippen LogP contribution in [0, 0.1) is 5.92 Å². The van der Waals surface area contributed by atoms with Crippen LogP contribution in [-0.2, 0) is 10.2 Å². The van der Waals surface area contributed by atoms with E-state index < -0.39 is 11.4 Å². The fraction of sp³-hybridized carbons (Fsp3) is 0.682. The summed E-state index contributed by atoms with van der Waals surface area (Å²) in [7, 11) is 0. The summed E-state index contributed by atoms with van der Waals surface area (Å²) in [6.45, 7) is 5.09. The summed E-state index contributed by atoms with van der Waals surface area (Å²) in [5.41, 5.74) is 0.235. The smallest absolute Gasteiger partial charge is 0.314 e. The van der Waals surface area contributed by atoms with Crippen LogP contribution in [0.2, 0.25) is 0 Å². The van der Waals surface area contributed by atoms with E-state index in [-0.39, 0.29) is 0 Å². The Hall–Kier alpha value is -1.51. The summed E-state index contributed by atoms with van der Waals surface area (Å²) in [5, 5.41) is 9.95. The van der Waals surface area contributed by atoms with Gasteiger partial charge in [-0.3, -0.25) is 4.79 Å². The standard InChI is InChI=1S/C22H34O3/c1-3-5-7-8-18-13-15-22(16-14-18,21(23)24)19-9-11-20(12-10-19)25-17-6-4-2/h9-12,18H,3-8,13-17H2,1-2H3,(H,23,24).